The Morgan fingerprint density at radius 1 is 0.960 bits per heavy atom. The van der Waals surface area contributed by atoms with Crippen LogP contribution < -0.4 is 4.74 Å². The Balaban J connectivity index is 1.79. The zero-order chi connectivity index (χ0) is 17.6. The standard InChI is InChI=1S/C22H20ClNO/c1-16-10-11-17(2)21(12-16)24-14-19-7-3-4-9-22(19)25-15-18-6-5-8-20(23)13-18/h3-14H,15H2,1-2H3. The van der Waals surface area contributed by atoms with Gasteiger partial charge >= 0.3 is 0 Å². The van der Waals surface area contributed by atoms with Gasteiger partial charge in [-0.2, -0.15) is 0 Å². The van der Waals surface area contributed by atoms with Crippen molar-refractivity contribution in [2.24, 2.45) is 4.99 Å². The maximum atomic E-state index is 6.03. The van der Waals surface area contributed by atoms with E-state index in [1.165, 1.54) is 5.56 Å². The van der Waals surface area contributed by atoms with E-state index in [0.717, 1.165) is 28.1 Å². The van der Waals surface area contributed by atoms with E-state index < -0.39 is 0 Å². The molecule has 2 nitrogen and oxygen atoms in total. The molecular weight excluding hydrogens is 330 g/mol. The first kappa shape index (κ1) is 17.2. The molecule has 0 fully saturated rings. The summed E-state index contributed by atoms with van der Waals surface area (Å²) >= 11 is 6.03. The number of hydrogen-bond donors (Lipinski definition) is 0. The van der Waals surface area contributed by atoms with E-state index in [4.69, 9.17) is 16.3 Å². The molecule has 0 aliphatic rings. The van der Waals surface area contributed by atoms with Gasteiger partial charge in [-0.15, -0.1) is 0 Å². The number of para-hydroxylation sites is 1. The first-order chi connectivity index (χ1) is 12.1. The third-order valence-electron chi connectivity index (χ3n) is 3.91. The van der Waals surface area contributed by atoms with E-state index in [1.54, 1.807) is 0 Å². The van der Waals surface area contributed by atoms with Crippen LogP contribution in [0.3, 0.4) is 0 Å². The summed E-state index contributed by atoms with van der Waals surface area (Å²) in [6.07, 6.45) is 1.86. The molecule has 3 heteroatoms. The quantitative estimate of drug-likeness (QED) is 0.496. The lowest BCUT2D eigenvalue weighted by Gasteiger charge is -2.09. The van der Waals surface area contributed by atoms with Crippen LogP contribution in [0.2, 0.25) is 5.02 Å². The molecule has 0 atom stereocenters. The normalized spacial score (nSPS) is 11.0. The van der Waals surface area contributed by atoms with E-state index in [0.29, 0.717) is 11.6 Å². The molecule has 0 aliphatic heterocycles. The number of benzene rings is 3. The first-order valence-electron chi connectivity index (χ1n) is 8.19. The van der Waals surface area contributed by atoms with Crippen molar-refractivity contribution in [3.8, 4) is 5.75 Å². The molecule has 126 valence electrons. The lowest BCUT2D eigenvalue weighted by atomic mass is 10.1. The van der Waals surface area contributed by atoms with Crippen LogP contribution in [-0.2, 0) is 6.61 Å². The number of ether oxygens (including phenoxy) is 1. The zero-order valence-corrected chi connectivity index (χ0v) is 15.1. The van der Waals surface area contributed by atoms with Gasteiger partial charge in [0.25, 0.3) is 0 Å². The average Bonchev–Trinajstić information content (AvgIpc) is 2.61. The third kappa shape index (κ3) is 4.71. The molecule has 0 saturated carbocycles. The summed E-state index contributed by atoms with van der Waals surface area (Å²) in [5.74, 6) is 0.802. The molecule has 0 aliphatic carbocycles. The summed E-state index contributed by atoms with van der Waals surface area (Å²) in [5, 5.41) is 0.714. The Morgan fingerprint density at radius 2 is 1.80 bits per heavy atom. The van der Waals surface area contributed by atoms with Gasteiger partial charge in [0.15, 0.2) is 0 Å². The van der Waals surface area contributed by atoms with Gasteiger partial charge < -0.3 is 4.74 Å². The van der Waals surface area contributed by atoms with Gasteiger partial charge in [0.1, 0.15) is 12.4 Å². The number of aryl methyl sites for hydroxylation is 2. The summed E-state index contributed by atoms with van der Waals surface area (Å²) in [6, 6.07) is 21.9. The molecule has 3 rings (SSSR count). The highest BCUT2D eigenvalue weighted by Gasteiger charge is 2.03. The maximum absolute atomic E-state index is 6.03. The van der Waals surface area contributed by atoms with Gasteiger partial charge in [-0.05, 0) is 60.9 Å². The van der Waals surface area contributed by atoms with Crippen LogP contribution in [0.4, 0.5) is 5.69 Å². The van der Waals surface area contributed by atoms with Crippen LogP contribution in [-0.4, -0.2) is 6.21 Å². The highest BCUT2D eigenvalue weighted by molar-refractivity contribution is 6.30. The van der Waals surface area contributed by atoms with Crippen LogP contribution in [0.15, 0.2) is 71.7 Å². The molecule has 0 unspecified atom stereocenters. The molecule has 0 aromatic heterocycles. The largest absolute Gasteiger partial charge is 0.488 e. The Labute approximate surface area is 153 Å². The summed E-state index contributed by atoms with van der Waals surface area (Å²) in [4.78, 5) is 4.64. The van der Waals surface area contributed by atoms with E-state index in [2.05, 4.69) is 37.0 Å². The van der Waals surface area contributed by atoms with Crippen molar-refractivity contribution in [3.63, 3.8) is 0 Å². The van der Waals surface area contributed by atoms with E-state index >= 15 is 0 Å². The number of aliphatic imine (C=N–C) groups is 1. The lowest BCUT2D eigenvalue weighted by molar-refractivity contribution is 0.306. The van der Waals surface area contributed by atoms with E-state index in [-0.39, 0.29) is 0 Å². The Hall–Kier alpha value is -2.58. The van der Waals surface area contributed by atoms with Crippen molar-refractivity contribution in [2.45, 2.75) is 20.5 Å². The Bertz CT molecular complexity index is 902. The van der Waals surface area contributed by atoms with Crippen molar-refractivity contribution in [3.05, 3.63) is 94.0 Å². The van der Waals surface area contributed by atoms with Crippen molar-refractivity contribution < 1.29 is 4.74 Å². The molecule has 0 radical (unpaired) electrons. The smallest absolute Gasteiger partial charge is 0.128 e. The van der Waals surface area contributed by atoms with Gasteiger partial charge in [0.2, 0.25) is 0 Å². The molecule has 0 saturated heterocycles. The predicted molar refractivity (Wildman–Crippen MR) is 105 cm³/mol. The second kappa shape index (κ2) is 8.00. The lowest BCUT2D eigenvalue weighted by Crippen LogP contribution is -1.98. The van der Waals surface area contributed by atoms with Crippen LogP contribution in [0.5, 0.6) is 5.75 Å². The van der Waals surface area contributed by atoms with Crippen LogP contribution in [0, 0.1) is 13.8 Å². The van der Waals surface area contributed by atoms with Crippen molar-refractivity contribution in [1.29, 1.82) is 0 Å². The van der Waals surface area contributed by atoms with Crippen LogP contribution >= 0.6 is 11.6 Å². The fourth-order valence-electron chi connectivity index (χ4n) is 2.50. The predicted octanol–water partition coefficient (Wildman–Crippen LogP) is 6.29. The third-order valence-corrected chi connectivity index (χ3v) is 4.14. The van der Waals surface area contributed by atoms with Crippen LogP contribution in [0.1, 0.15) is 22.3 Å². The van der Waals surface area contributed by atoms with E-state index in [9.17, 15) is 0 Å². The molecule has 3 aromatic rings. The molecule has 0 N–H and O–H groups in total. The van der Waals surface area contributed by atoms with E-state index in [1.807, 2.05) is 54.7 Å². The number of halogens is 1. The fraction of sp³-hybridized carbons (Fsp3) is 0.136. The molecule has 25 heavy (non-hydrogen) atoms. The highest BCUT2D eigenvalue weighted by Crippen LogP contribution is 2.22. The second-order valence-electron chi connectivity index (χ2n) is 6.00. The van der Waals surface area contributed by atoms with Gasteiger partial charge in [-0.25, -0.2) is 0 Å². The van der Waals surface area contributed by atoms with Crippen molar-refractivity contribution >= 4 is 23.5 Å². The second-order valence-corrected chi connectivity index (χ2v) is 6.44. The minimum absolute atomic E-state index is 0.467. The van der Waals surface area contributed by atoms with Gasteiger partial charge in [-0.1, -0.05) is 48.0 Å². The molecule has 3 aromatic carbocycles. The SMILES string of the molecule is Cc1ccc(C)c(N=Cc2ccccc2OCc2cccc(Cl)c2)c1. The minimum Gasteiger partial charge on any atom is -0.488 e. The summed E-state index contributed by atoms with van der Waals surface area (Å²) < 4.78 is 5.97. The molecule has 0 bridgehead atoms. The Morgan fingerprint density at radius 3 is 2.64 bits per heavy atom. The zero-order valence-electron chi connectivity index (χ0n) is 14.4. The fourth-order valence-corrected chi connectivity index (χ4v) is 2.72. The van der Waals surface area contributed by atoms with Gasteiger partial charge in [-0.3, -0.25) is 4.99 Å². The number of hydrogen-bond acceptors (Lipinski definition) is 2. The van der Waals surface area contributed by atoms with Gasteiger partial charge in [0, 0.05) is 16.8 Å². The Kier molecular flexibility index (Phi) is 5.52. The number of nitrogens with zero attached hydrogens (tertiary/aromatic N) is 1. The van der Waals surface area contributed by atoms with Crippen LogP contribution in [0.25, 0.3) is 0 Å². The molecule has 0 amide bonds. The molecule has 0 spiro atoms. The van der Waals surface area contributed by atoms with Crippen molar-refractivity contribution in [1.82, 2.24) is 0 Å². The summed E-state index contributed by atoms with van der Waals surface area (Å²) in [5.41, 5.74) is 5.31. The minimum atomic E-state index is 0.467. The average molecular weight is 350 g/mol. The maximum Gasteiger partial charge on any atom is 0.128 e. The topological polar surface area (TPSA) is 21.6 Å². The first-order valence-corrected chi connectivity index (χ1v) is 8.57. The summed E-state index contributed by atoms with van der Waals surface area (Å²) in [6.45, 7) is 4.60. The monoisotopic (exact) mass is 349 g/mol. The molecular formula is C22H20ClNO. The van der Waals surface area contributed by atoms with Gasteiger partial charge in [0.05, 0.1) is 5.69 Å². The summed E-state index contributed by atoms with van der Waals surface area (Å²) in [7, 11) is 0. The molecule has 0 heterocycles. The highest BCUT2D eigenvalue weighted by atomic mass is 35.5. The van der Waals surface area contributed by atoms with Crippen molar-refractivity contribution in [2.75, 3.05) is 0 Å². The number of rotatable bonds is 5.